The molecule has 13 heavy (non-hydrogen) atoms. The lowest BCUT2D eigenvalue weighted by Gasteiger charge is -2.04. The first kappa shape index (κ1) is 8.17. The summed E-state index contributed by atoms with van der Waals surface area (Å²) < 4.78 is 5.55. The van der Waals surface area contributed by atoms with E-state index in [0.29, 0.717) is 6.10 Å². The molecule has 0 heterocycles. The Kier molecular flexibility index (Phi) is 1.97. The maximum Gasteiger partial charge on any atom is 0.119 e. The Balaban J connectivity index is 2.08. The van der Waals surface area contributed by atoms with Crippen LogP contribution in [0.5, 0.6) is 5.75 Å². The van der Waals surface area contributed by atoms with Gasteiger partial charge in [-0.05, 0) is 37.1 Å². The van der Waals surface area contributed by atoms with Crippen LogP contribution >= 0.6 is 0 Å². The first-order chi connectivity index (χ1) is 6.25. The number of aliphatic hydroxyl groups is 1. The van der Waals surface area contributed by atoms with Crippen LogP contribution in [0.25, 0.3) is 5.76 Å². The molecule has 1 aromatic rings. The van der Waals surface area contributed by atoms with Crippen molar-refractivity contribution in [3.8, 4) is 5.75 Å². The molecule has 0 bridgehead atoms. The smallest absolute Gasteiger partial charge is 0.119 e. The van der Waals surface area contributed by atoms with Crippen LogP contribution in [0.1, 0.15) is 18.4 Å². The second-order valence-corrected chi connectivity index (χ2v) is 3.29. The lowest BCUT2D eigenvalue weighted by atomic mass is 10.2. The van der Waals surface area contributed by atoms with Crippen LogP contribution in [0.4, 0.5) is 0 Å². The summed E-state index contributed by atoms with van der Waals surface area (Å²) in [7, 11) is 0. The van der Waals surface area contributed by atoms with Gasteiger partial charge in [-0.2, -0.15) is 0 Å². The van der Waals surface area contributed by atoms with Crippen molar-refractivity contribution in [2.75, 3.05) is 0 Å². The van der Waals surface area contributed by atoms with Crippen molar-refractivity contribution in [2.45, 2.75) is 18.9 Å². The molecule has 0 atom stereocenters. The number of hydrogen-bond acceptors (Lipinski definition) is 2. The predicted molar refractivity (Wildman–Crippen MR) is 51.8 cm³/mol. The third-order valence-electron chi connectivity index (χ3n) is 2.01. The SMILES string of the molecule is C=C(O)c1ccc(OC2CC2)cc1. The van der Waals surface area contributed by atoms with Crippen LogP contribution in [0.2, 0.25) is 0 Å². The quantitative estimate of drug-likeness (QED) is 0.717. The second kappa shape index (κ2) is 3.13. The van der Waals surface area contributed by atoms with E-state index in [4.69, 9.17) is 9.84 Å². The van der Waals surface area contributed by atoms with Crippen molar-refractivity contribution in [1.82, 2.24) is 0 Å². The molecule has 68 valence electrons. The van der Waals surface area contributed by atoms with Crippen LogP contribution in [0.15, 0.2) is 30.8 Å². The number of rotatable bonds is 3. The molecule has 2 rings (SSSR count). The van der Waals surface area contributed by atoms with Crippen molar-refractivity contribution in [1.29, 1.82) is 0 Å². The molecule has 1 aliphatic rings. The average molecular weight is 176 g/mol. The van der Waals surface area contributed by atoms with E-state index in [1.807, 2.05) is 12.1 Å². The topological polar surface area (TPSA) is 29.5 Å². The lowest BCUT2D eigenvalue weighted by molar-refractivity contribution is 0.303. The molecule has 1 fully saturated rings. The second-order valence-electron chi connectivity index (χ2n) is 3.29. The normalized spacial score (nSPS) is 15.4. The summed E-state index contributed by atoms with van der Waals surface area (Å²) in [6.07, 6.45) is 2.74. The Morgan fingerprint density at radius 2 is 1.92 bits per heavy atom. The van der Waals surface area contributed by atoms with Crippen LogP contribution in [-0.2, 0) is 0 Å². The van der Waals surface area contributed by atoms with E-state index in [0.717, 1.165) is 24.2 Å². The Labute approximate surface area is 77.5 Å². The summed E-state index contributed by atoms with van der Waals surface area (Å²) in [5.41, 5.74) is 0.739. The van der Waals surface area contributed by atoms with Crippen molar-refractivity contribution < 1.29 is 9.84 Å². The highest BCUT2D eigenvalue weighted by Crippen LogP contribution is 2.27. The molecule has 0 saturated heterocycles. The molecule has 0 aliphatic heterocycles. The fraction of sp³-hybridized carbons (Fsp3) is 0.273. The molecule has 2 heteroatoms. The molecule has 1 saturated carbocycles. The summed E-state index contributed by atoms with van der Waals surface area (Å²) in [4.78, 5) is 0. The van der Waals surface area contributed by atoms with Gasteiger partial charge >= 0.3 is 0 Å². The highest BCUT2D eigenvalue weighted by molar-refractivity contribution is 5.56. The first-order valence-corrected chi connectivity index (χ1v) is 4.40. The molecule has 0 amide bonds. The summed E-state index contributed by atoms with van der Waals surface area (Å²) >= 11 is 0. The molecular weight excluding hydrogens is 164 g/mol. The average Bonchev–Trinajstić information content (AvgIpc) is 2.89. The zero-order valence-electron chi connectivity index (χ0n) is 7.36. The third-order valence-corrected chi connectivity index (χ3v) is 2.01. The predicted octanol–water partition coefficient (Wildman–Crippen LogP) is 2.76. The molecule has 0 aromatic heterocycles. The Bertz CT molecular complexity index is 309. The fourth-order valence-corrected chi connectivity index (χ4v) is 1.10. The van der Waals surface area contributed by atoms with Crippen LogP contribution in [0, 0.1) is 0 Å². The van der Waals surface area contributed by atoms with E-state index in [2.05, 4.69) is 6.58 Å². The van der Waals surface area contributed by atoms with Gasteiger partial charge in [-0.25, -0.2) is 0 Å². The molecule has 1 aliphatic carbocycles. The Morgan fingerprint density at radius 1 is 1.31 bits per heavy atom. The first-order valence-electron chi connectivity index (χ1n) is 4.40. The Morgan fingerprint density at radius 3 is 2.38 bits per heavy atom. The van der Waals surface area contributed by atoms with Crippen LogP contribution in [-0.4, -0.2) is 11.2 Å². The van der Waals surface area contributed by atoms with E-state index in [1.165, 1.54) is 0 Å². The number of ether oxygens (including phenoxy) is 1. The van der Waals surface area contributed by atoms with E-state index in [1.54, 1.807) is 12.1 Å². The lowest BCUT2D eigenvalue weighted by Crippen LogP contribution is -1.95. The summed E-state index contributed by atoms with van der Waals surface area (Å²) in [5.74, 6) is 0.963. The zero-order valence-corrected chi connectivity index (χ0v) is 7.36. The minimum atomic E-state index is 0.0953. The fourth-order valence-electron chi connectivity index (χ4n) is 1.10. The largest absolute Gasteiger partial charge is 0.508 e. The highest BCUT2D eigenvalue weighted by atomic mass is 16.5. The van der Waals surface area contributed by atoms with Gasteiger partial charge in [0.2, 0.25) is 0 Å². The van der Waals surface area contributed by atoms with E-state index < -0.39 is 0 Å². The molecule has 1 aromatic carbocycles. The van der Waals surface area contributed by atoms with Crippen molar-refractivity contribution in [3.05, 3.63) is 36.4 Å². The molecule has 1 N–H and O–H groups in total. The van der Waals surface area contributed by atoms with Gasteiger partial charge in [-0.3, -0.25) is 0 Å². The zero-order chi connectivity index (χ0) is 9.26. The maximum absolute atomic E-state index is 9.07. The van der Waals surface area contributed by atoms with E-state index in [9.17, 15) is 0 Å². The number of aliphatic hydroxyl groups excluding tert-OH is 1. The standard InChI is InChI=1S/C11H12O2/c1-8(12)9-2-4-10(5-3-9)13-11-6-7-11/h2-5,11-12H,1,6-7H2. The maximum atomic E-state index is 9.07. The monoisotopic (exact) mass is 176 g/mol. The van der Waals surface area contributed by atoms with Gasteiger partial charge in [-0.1, -0.05) is 6.58 Å². The molecule has 0 unspecified atom stereocenters. The number of benzene rings is 1. The van der Waals surface area contributed by atoms with Crippen molar-refractivity contribution in [2.24, 2.45) is 0 Å². The van der Waals surface area contributed by atoms with E-state index in [-0.39, 0.29) is 5.76 Å². The van der Waals surface area contributed by atoms with E-state index >= 15 is 0 Å². The Hall–Kier alpha value is -1.44. The molecule has 0 radical (unpaired) electrons. The van der Waals surface area contributed by atoms with Crippen LogP contribution < -0.4 is 4.74 Å². The molecule has 2 nitrogen and oxygen atoms in total. The van der Waals surface area contributed by atoms with Gasteiger partial charge in [0.05, 0.1) is 6.10 Å². The third kappa shape index (κ3) is 2.02. The molecule has 0 spiro atoms. The summed E-state index contributed by atoms with van der Waals surface area (Å²) in [6, 6.07) is 7.32. The van der Waals surface area contributed by atoms with Gasteiger partial charge < -0.3 is 9.84 Å². The summed E-state index contributed by atoms with van der Waals surface area (Å²) in [6.45, 7) is 3.44. The van der Waals surface area contributed by atoms with Gasteiger partial charge in [-0.15, -0.1) is 0 Å². The summed E-state index contributed by atoms with van der Waals surface area (Å²) in [5, 5.41) is 9.07. The van der Waals surface area contributed by atoms with Crippen molar-refractivity contribution in [3.63, 3.8) is 0 Å². The van der Waals surface area contributed by atoms with Gasteiger partial charge in [0.15, 0.2) is 0 Å². The highest BCUT2D eigenvalue weighted by Gasteiger charge is 2.23. The van der Waals surface area contributed by atoms with Gasteiger partial charge in [0.25, 0.3) is 0 Å². The van der Waals surface area contributed by atoms with Crippen molar-refractivity contribution >= 4 is 5.76 Å². The minimum absolute atomic E-state index is 0.0953. The van der Waals surface area contributed by atoms with Crippen LogP contribution in [0.3, 0.4) is 0 Å². The van der Waals surface area contributed by atoms with Gasteiger partial charge in [0.1, 0.15) is 11.5 Å². The molecular formula is C11H12O2. The van der Waals surface area contributed by atoms with Gasteiger partial charge in [0, 0.05) is 5.56 Å². The number of hydrogen-bond donors (Lipinski definition) is 1. The minimum Gasteiger partial charge on any atom is -0.508 e.